The van der Waals surface area contributed by atoms with Crippen molar-refractivity contribution in [2.24, 2.45) is 0 Å². The van der Waals surface area contributed by atoms with E-state index in [1.165, 1.54) is 16.9 Å². The van der Waals surface area contributed by atoms with Crippen molar-refractivity contribution in [3.8, 4) is 5.75 Å². The third kappa shape index (κ3) is 6.45. The van der Waals surface area contributed by atoms with Crippen LogP contribution in [0.3, 0.4) is 0 Å². The van der Waals surface area contributed by atoms with Crippen LogP contribution in [-0.2, 0) is 22.4 Å². The van der Waals surface area contributed by atoms with E-state index >= 15 is 0 Å². The fourth-order valence-corrected chi connectivity index (χ4v) is 4.93. The Bertz CT molecular complexity index is 1290. The van der Waals surface area contributed by atoms with Gasteiger partial charge < -0.3 is 15.4 Å². The Morgan fingerprint density at radius 1 is 1.00 bits per heavy atom. The smallest absolute Gasteiger partial charge is 0.248 e. The molecule has 2 amide bonds. The van der Waals surface area contributed by atoms with Gasteiger partial charge in [0.2, 0.25) is 11.8 Å². The number of amides is 2. The summed E-state index contributed by atoms with van der Waals surface area (Å²) < 4.78 is 6.17. The number of hydrogen-bond donors (Lipinski definition) is 4. The summed E-state index contributed by atoms with van der Waals surface area (Å²) in [5.41, 5.74) is 4.37. The zero-order chi connectivity index (χ0) is 24.6. The van der Waals surface area contributed by atoms with Crippen LogP contribution in [0.4, 0.5) is 5.69 Å². The van der Waals surface area contributed by atoms with Crippen molar-refractivity contribution in [2.45, 2.75) is 18.9 Å². The number of hydrogen-bond acceptors (Lipinski definition) is 6. The van der Waals surface area contributed by atoms with Gasteiger partial charge in [0.1, 0.15) is 11.8 Å². The van der Waals surface area contributed by atoms with Crippen LogP contribution in [0, 0.1) is 0 Å². The number of rotatable bonds is 10. The first kappa shape index (κ1) is 24.4. The van der Waals surface area contributed by atoms with Crippen molar-refractivity contribution in [2.75, 3.05) is 19.0 Å². The molecule has 0 aliphatic heterocycles. The predicted octanol–water partition coefficient (Wildman–Crippen LogP) is 4.47. The second-order valence-corrected chi connectivity index (χ2v) is 9.23. The molecule has 0 spiro atoms. The van der Waals surface area contributed by atoms with Crippen molar-refractivity contribution < 1.29 is 19.5 Å². The van der Waals surface area contributed by atoms with Crippen LogP contribution in [0.1, 0.15) is 22.0 Å². The first-order chi connectivity index (χ1) is 17.1. The molecule has 0 bridgehead atoms. The Hall–Kier alpha value is -3.72. The molecular weight excluding hydrogens is 462 g/mol. The molecule has 0 aliphatic rings. The molecule has 4 aromatic rings. The summed E-state index contributed by atoms with van der Waals surface area (Å²) in [5.74, 6) is 0.0875. The number of thiophene rings is 1. The van der Waals surface area contributed by atoms with E-state index in [4.69, 9.17) is 9.94 Å². The molecule has 35 heavy (non-hydrogen) atoms. The number of benzene rings is 3. The summed E-state index contributed by atoms with van der Waals surface area (Å²) in [4.78, 5) is 25.7. The highest BCUT2D eigenvalue weighted by molar-refractivity contribution is 7.19. The van der Waals surface area contributed by atoms with Crippen LogP contribution in [0.5, 0.6) is 5.75 Å². The molecule has 4 N–H and O–H groups in total. The number of fused-ring (bicyclic) bond motifs is 1. The van der Waals surface area contributed by atoms with E-state index in [0.29, 0.717) is 12.2 Å². The number of ether oxygens (including phenoxy) is 1. The largest absolute Gasteiger partial charge is 0.497 e. The molecule has 8 heteroatoms. The van der Waals surface area contributed by atoms with Crippen LogP contribution in [0.25, 0.3) is 10.1 Å². The van der Waals surface area contributed by atoms with E-state index in [1.807, 2.05) is 42.5 Å². The van der Waals surface area contributed by atoms with Crippen LogP contribution in [-0.4, -0.2) is 30.7 Å². The van der Waals surface area contributed by atoms with Gasteiger partial charge in [0.15, 0.2) is 0 Å². The molecule has 1 atom stereocenters. The summed E-state index contributed by atoms with van der Waals surface area (Å²) >= 11 is 1.47. The average Bonchev–Trinajstić information content (AvgIpc) is 3.29. The summed E-state index contributed by atoms with van der Waals surface area (Å²) in [7, 11) is 1.60. The monoisotopic (exact) mass is 489 g/mol. The lowest BCUT2D eigenvalue weighted by Crippen LogP contribution is -2.34. The van der Waals surface area contributed by atoms with E-state index in [-0.39, 0.29) is 12.3 Å². The molecule has 0 radical (unpaired) electrons. The zero-order valence-corrected chi connectivity index (χ0v) is 20.1. The highest BCUT2D eigenvalue weighted by Crippen LogP contribution is 2.29. The van der Waals surface area contributed by atoms with E-state index in [0.717, 1.165) is 32.7 Å². The third-order valence-electron chi connectivity index (χ3n) is 5.61. The minimum absolute atomic E-state index is 0.0991. The first-order valence-electron chi connectivity index (χ1n) is 11.2. The van der Waals surface area contributed by atoms with Crippen molar-refractivity contribution in [1.82, 2.24) is 10.8 Å². The Morgan fingerprint density at radius 3 is 2.49 bits per heavy atom. The van der Waals surface area contributed by atoms with Gasteiger partial charge in [-0.15, -0.1) is 11.3 Å². The fraction of sp³-hybridized carbons (Fsp3) is 0.185. The minimum Gasteiger partial charge on any atom is -0.497 e. The van der Waals surface area contributed by atoms with Crippen molar-refractivity contribution in [3.05, 3.63) is 94.9 Å². The molecule has 1 aromatic heterocycles. The summed E-state index contributed by atoms with van der Waals surface area (Å²) in [6.45, 7) is 0.620. The fourth-order valence-electron chi connectivity index (χ4n) is 3.82. The molecule has 1 heterocycles. The molecular formula is C27H27N3O4S. The number of hydroxylamine groups is 1. The van der Waals surface area contributed by atoms with Gasteiger partial charge >= 0.3 is 0 Å². The number of anilines is 1. The van der Waals surface area contributed by atoms with Crippen molar-refractivity contribution in [3.63, 3.8) is 0 Å². The Labute approximate surface area is 207 Å². The predicted molar refractivity (Wildman–Crippen MR) is 138 cm³/mol. The lowest BCUT2D eigenvalue weighted by molar-refractivity contribution is -0.128. The van der Waals surface area contributed by atoms with Crippen molar-refractivity contribution in [1.29, 1.82) is 0 Å². The van der Waals surface area contributed by atoms with Gasteiger partial charge in [-0.2, -0.15) is 0 Å². The maximum absolute atomic E-state index is 13.4. The van der Waals surface area contributed by atoms with Gasteiger partial charge in [-0.25, -0.2) is 5.48 Å². The van der Waals surface area contributed by atoms with Gasteiger partial charge in [0, 0.05) is 21.8 Å². The molecule has 1 unspecified atom stereocenters. The van der Waals surface area contributed by atoms with Crippen LogP contribution in [0.15, 0.2) is 78.9 Å². The Morgan fingerprint density at radius 2 is 1.77 bits per heavy atom. The van der Waals surface area contributed by atoms with Gasteiger partial charge in [0.05, 0.1) is 13.5 Å². The topological polar surface area (TPSA) is 99.7 Å². The highest BCUT2D eigenvalue weighted by Gasteiger charge is 2.21. The molecule has 180 valence electrons. The lowest BCUT2D eigenvalue weighted by Gasteiger charge is -2.19. The van der Waals surface area contributed by atoms with Gasteiger partial charge in [-0.05, 0) is 59.3 Å². The quantitative estimate of drug-likeness (QED) is 0.195. The number of nitrogens with one attached hydrogen (secondary N) is 3. The first-order valence-corrected chi connectivity index (χ1v) is 12.0. The van der Waals surface area contributed by atoms with E-state index in [1.54, 1.807) is 36.9 Å². The van der Waals surface area contributed by atoms with Crippen LogP contribution in [0.2, 0.25) is 0 Å². The summed E-state index contributed by atoms with van der Waals surface area (Å²) in [6, 6.07) is 24.5. The molecule has 7 nitrogen and oxygen atoms in total. The van der Waals surface area contributed by atoms with E-state index in [9.17, 15) is 9.59 Å². The summed E-state index contributed by atoms with van der Waals surface area (Å²) in [5, 5.41) is 16.2. The third-order valence-corrected chi connectivity index (χ3v) is 6.71. The maximum atomic E-state index is 13.4. The molecule has 0 saturated carbocycles. The molecule has 0 saturated heterocycles. The van der Waals surface area contributed by atoms with Crippen molar-refractivity contribution >= 4 is 38.9 Å². The number of methoxy groups -OCH3 is 1. The average molecular weight is 490 g/mol. The van der Waals surface area contributed by atoms with E-state index in [2.05, 4.69) is 22.8 Å². The second kappa shape index (κ2) is 11.6. The molecule has 3 aromatic carbocycles. The molecule has 4 rings (SSSR count). The zero-order valence-electron chi connectivity index (χ0n) is 19.3. The molecule has 0 aliphatic carbocycles. The lowest BCUT2D eigenvalue weighted by atomic mass is 10.0. The van der Waals surface area contributed by atoms with Crippen LogP contribution >= 0.6 is 11.3 Å². The van der Waals surface area contributed by atoms with Gasteiger partial charge in [0.25, 0.3) is 0 Å². The van der Waals surface area contributed by atoms with Gasteiger partial charge in [-0.3, -0.25) is 14.8 Å². The normalized spacial score (nSPS) is 11.7. The van der Waals surface area contributed by atoms with E-state index < -0.39 is 11.9 Å². The maximum Gasteiger partial charge on any atom is 0.248 e. The molecule has 0 fully saturated rings. The van der Waals surface area contributed by atoms with Gasteiger partial charge in [-0.1, -0.05) is 42.5 Å². The summed E-state index contributed by atoms with van der Waals surface area (Å²) in [6.07, 6.45) is 0.886. The Kier molecular flexibility index (Phi) is 8.10. The number of carbonyl (C=O) groups is 2. The van der Waals surface area contributed by atoms with Crippen LogP contribution < -0.4 is 20.9 Å². The Balaban J connectivity index is 1.55. The standard InChI is InChI=1S/C27H27N3O4S/c1-34-22-11-9-21(10-12-22)29-27(32)26(28-14-13-18-5-3-2-4-6-18)20-8-7-19-15-23(17-25(31)30-33)35-24(19)16-20/h2-12,15-16,26,28,33H,13-14,17H2,1H3,(H,29,32)(H,30,31). The minimum atomic E-state index is -0.573. The SMILES string of the molecule is COc1ccc(NC(=O)C(NCCc2ccccc2)c2ccc3cc(CC(=O)NO)sc3c2)cc1. The highest BCUT2D eigenvalue weighted by atomic mass is 32.1. The second-order valence-electron chi connectivity index (χ2n) is 8.06. The number of carbonyl (C=O) groups excluding carboxylic acids is 2.